The minimum Gasteiger partial charge on any atom is -0.396 e. The SMILES string of the molecule is Nc1cnn(-c2cncc(Cl)c2)c1C(F)(F)F. The highest BCUT2D eigenvalue weighted by Gasteiger charge is 2.38. The molecule has 2 aromatic heterocycles. The summed E-state index contributed by atoms with van der Waals surface area (Å²) in [5, 5.41) is 3.78. The van der Waals surface area contributed by atoms with E-state index >= 15 is 0 Å². The molecular formula is C9H6ClF3N4. The van der Waals surface area contributed by atoms with Gasteiger partial charge in [-0.1, -0.05) is 11.6 Å². The Kier molecular flexibility index (Phi) is 2.70. The van der Waals surface area contributed by atoms with Gasteiger partial charge in [0.1, 0.15) is 0 Å². The number of aromatic nitrogens is 3. The van der Waals surface area contributed by atoms with E-state index in [1.807, 2.05) is 0 Å². The molecular weight excluding hydrogens is 257 g/mol. The van der Waals surface area contributed by atoms with E-state index in [1.54, 1.807) is 0 Å². The van der Waals surface area contributed by atoms with Crippen LogP contribution in [0, 0.1) is 0 Å². The molecule has 4 nitrogen and oxygen atoms in total. The van der Waals surface area contributed by atoms with Crippen molar-refractivity contribution in [3.63, 3.8) is 0 Å². The summed E-state index contributed by atoms with van der Waals surface area (Å²) in [5.41, 5.74) is 3.86. The molecule has 0 aliphatic carbocycles. The van der Waals surface area contributed by atoms with Gasteiger partial charge in [0.15, 0.2) is 5.69 Å². The van der Waals surface area contributed by atoms with Crippen molar-refractivity contribution in [2.45, 2.75) is 6.18 Å². The van der Waals surface area contributed by atoms with Gasteiger partial charge < -0.3 is 5.73 Å². The molecule has 0 aliphatic rings. The third kappa shape index (κ3) is 2.19. The third-order valence-electron chi connectivity index (χ3n) is 2.00. The van der Waals surface area contributed by atoms with Gasteiger partial charge in [0, 0.05) is 6.20 Å². The normalized spacial score (nSPS) is 11.8. The van der Waals surface area contributed by atoms with Crippen molar-refractivity contribution in [2.75, 3.05) is 5.73 Å². The molecule has 0 bridgehead atoms. The number of nitrogens with two attached hydrogens (primary N) is 1. The molecule has 0 atom stereocenters. The quantitative estimate of drug-likeness (QED) is 0.859. The summed E-state index contributed by atoms with van der Waals surface area (Å²) >= 11 is 5.65. The Morgan fingerprint density at radius 3 is 2.53 bits per heavy atom. The molecule has 0 aromatic carbocycles. The van der Waals surface area contributed by atoms with E-state index in [1.165, 1.54) is 18.5 Å². The minimum absolute atomic E-state index is 0.0986. The summed E-state index contributed by atoms with van der Waals surface area (Å²) < 4.78 is 38.9. The maximum absolute atomic E-state index is 12.7. The highest BCUT2D eigenvalue weighted by molar-refractivity contribution is 6.30. The van der Waals surface area contributed by atoms with Crippen LogP contribution in [0.4, 0.5) is 18.9 Å². The number of anilines is 1. The first kappa shape index (κ1) is 11.7. The van der Waals surface area contributed by atoms with Crippen molar-refractivity contribution in [3.05, 3.63) is 35.4 Å². The second kappa shape index (κ2) is 3.92. The Hall–Kier alpha value is -1.76. The first-order valence-corrected chi connectivity index (χ1v) is 4.79. The first-order valence-electron chi connectivity index (χ1n) is 4.41. The van der Waals surface area contributed by atoms with Crippen molar-refractivity contribution in [2.24, 2.45) is 0 Å². The van der Waals surface area contributed by atoms with E-state index in [9.17, 15) is 13.2 Å². The fraction of sp³-hybridized carbons (Fsp3) is 0.111. The lowest BCUT2D eigenvalue weighted by Crippen LogP contribution is -2.15. The maximum atomic E-state index is 12.7. The smallest absolute Gasteiger partial charge is 0.396 e. The average Bonchev–Trinajstić information content (AvgIpc) is 2.59. The van der Waals surface area contributed by atoms with Crippen LogP contribution in [-0.2, 0) is 6.18 Å². The van der Waals surface area contributed by atoms with Crippen LogP contribution in [0.25, 0.3) is 5.69 Å². The second-order valence-electron chi connectivity index (χ2n) is 3.22. The molecule has 8 heteroatoms. The summed E-state index contributed by atoms with van der Waals surface area (Å²) in [5.74, 6) is 0. The van der Waals surface area contributed by atoms with Crippen molar-refractivity contribution >= 4 is 17.3 Å². The zero-order chi connectivity index (χ0) is 12.6. The maximum Gasteiger partial charge on any atom is 0.435 e. The van der Waals surface area contributed by atoms with Gasteiger partial charge >= 0.3 is 6.18 Å². The molecule has 2 aromatic rings. The lowest BCUT2D eigenvalue weighted by molar-refractivity contribution is -0.142. The number of pyridine rings is 1. The van der Waals surface area contributed by atoms with Gasteiger partial charge in [-0.2, -0.15) is 18.3 Å². The Morgan fingerprint density at radius 2 is 1.94 bits per heavy atom. The van der Waals surface area contributed by atoms with Crippen molar-refractivity contribution in [1.82, 2.24) is 14.8 Å². The highest BCUT2D eigenvalue weighted by atomic mass is 35.5. The highest BCUT2D eigenvalue weighted by Crippen LogP contribution is 2.34. The number of rotatable bonds is 1. The predicted octanol–water partition coefficient (Wildman–Crippen LogP) is 2.52. The number of nitrogen functional groups attached to an aromatic ring is 1. The molecule has 2 rings (SSSR count). The van der Waals surface area contributed by atoms with E-state index in [-0.39, 0.29) is 10.7 Å². The van der Waals surface area contributed by atoms with Crippen LogP contribution in [0.2, 0.25) is 5.02 Å². The van der Waals surface area contributed by atoms with Gasteiger partial charge in [0.05, 0.1) is 28.8 Å². The molecule has 0 saturated heterocycles. The third-order valence-corrected chi connectivity index (χ3v) is 2.21. The van der Waals surface area contributed by atoms with Gasteiger partial charge in [-0.3, -0.25) is 4.98 Å². The number of hydrogen-bond acceptors (Lipinski definition) is 3. The Morgan fingerprint density at radius 1 is 1.24 bits per heavy atom. The average molecular weight is 263 g/mol. The van der Waals surface area contributed by atoms with Gasteiger partial charge in [-0.25, -0.2) is 4.68 Å². The van der Waals surface area contributed by atoms with Crippen LogP contribution in [0.3, 0.4) is 0 Å². The molecule has 0 amide bonds. The summed E-state index contributed by atoms with van der Waals surface area (Å²) in [6.45, 7) is 0. The van der Waals surface area contributed by atoms with Crippen molar-refractivity contribution in [1.29, 1.82) is 0 Å². The number of hydrogen-bond donors (Lipinski definition) is 1. The van der Waals surface area contributed by atoms with E-state index in [0.717, 1.165) is 6.20 Å². The Labute approximate surface area is 98.8 Å². The molecule has 0 spiro atoms. The van der Waals surface area contributed by atoms with Crippen LogP contribution in [0.15, 0.2) is 24.7 Å². The number of halogens is 4. The van der Waals surface area contributed by atoms with Gasteiger partial charge in [-0.15, -0.1) is 0 Å². The summed E-state index contributed by atoms with van der Waals surface area (Å²) in [4.78, 5) is 3.69. The number of alkyl halides is 3. The van der Waals surface area contributed by atoms with Gasteiger partial charge in [-0.05, 0) is 6.07 Å². The molecule has 0 aliphatic heterocycles. The molecule has 0 fully saturated rings. The second-order valence-corrected chi connectivity index (χ2v) is 3.66. The summed E-state index contributed by atoms with van der Waals surface area (Å²) in [7, 11) is 0. The van der Waals surface area contributed by atoms with E-state index in [4.69, 9.17) is 17.3 Å². The van der Waals surface area contributed by atoms with Crippen LogP contribution >= 0.6 is 11.6 Å². The Balaban J connectivity index is 2.61. The molecule has 2 heterocycles. The van der Waals surface area contributed by atoms with Crippen LogP contribution in [0.5, 0.6) is 0 Å². The van der Waals surface area contributed by atoms with Crippen molar-refractivity contribution in [3.8, 4) is 5.69 Å². The van der Waals surface area contributed by atoms with Gasteiger partial charge in [0.2, 0.25) is 0 Å². The van der Waals surface area contributed by atoms with Crippen LogP contribution in [-0.4, -0.2) is 14.8 Å². The van der Waals surface area contributed by atoms with E-state index in [0.29, 0.717) is 4.68 Å². The fourth-order valence-corrected chi connectivity index (χ4v) is 1.53. The lowest BCUT2D eigenvalue weighted by Gasteiger charge is -2.10. The van der Waals surface area contributed by atoms with Crippen LogP contribution < -0.4 is 5.73 Å². The standard InChI is InChI=1S/C9H6ClF3N4/c10-5-1-6(3-15-2-5)17-8(9(11,12)13)7(14)4-16-17/h1-4H,14H2. The van der Waals surface area contributed by atoms with E-state index < -0.39 is 17.6 Å². The molecule has 0 saturated carbocycles. The zero-order valence-corrected chi connectivity index (χ0v) is 9.00. The fourth-order valence-electron chi connectivity index (χ4n) is 1.36. The number of nitrogens with zero attached hydrogens (tertiary/aromatic N) is 3. The summed E-state index contributed by atoms with van der Waals surface area (Å²) in [6.07, 6.45) is -1.13. The Bertz CT molecular complexity index is 549. The first-order chi connectivity index (χ1) is 7.89. The lowest BCUT2D eigenvalue weighted by atomic mass is 10.3. The topological polar surface area (TPSA) is 56.7 Å². The zero-order valence-electron chi connectivity index (χ0n) is 8.24. The molecule has 0 radical (unpaired) electrons. The monoisotopic (exact) mass is 262 g/mol. The molecule has 0 unspecified atom stereocenters. The largest absolute Gasteiger partial charge is 0.435 e. The van der Waals surface area contributed by atoms with Crippen LogP contribution in [0.1, 0.15) is 5.69 Å². The summed E-state index contributed by atoms with van der Waals surface area (Å²) in [6, 6.07) is 1.32. The predicted molar refractivity (Wildman–Crippen MR) is 55.8 cm³/mol. The van der Waals surface area contributed by atoms with E-state index in [2.05, 4.69) is 10.1 Å². The minimum atomic E-state index is -4.59. The van der Waals surface area contributed by atoms with Crippen molar-refractivity contribution < 1.29 is 13.2 Å². The molecule has 17 heavy (non-hydrogen) atoms. The van der Waals surface area contributed by atoms with Gasteiger partial charge in [0.25, 0.3) is 0 Å². The molecule has 90 valence electrons. The molecule has 2 N–H and O–H groups in total.